The molecule has 0 saturated carbocycles. The van der Waals surface area contributed by atoms with Crippen LogP contribution < -0.4 is 9.64 Å². The van der Waals surface area contributed by atoms with Gasteiger partial charge in [0.25, 0.3) is 0 Å². The van der Waals surface area contributed by atoms with Crippen molar-refractivity contribution in [3.8, 4) is 5.75 Å². The van der Waals surface area contributed by atoms with Crippen molar-refractivity contribution in [2.24, 2.45) is 11.1 Å². The largest absolute Gasteiger partial charge is 0.494 e. The lowest BCUT2D eigenvalue weighted by molar-refractivity contribution is 0.146. The van der Waals surface area contributed by atoms with Crippen molar-refractivity contribution in [1.29, 1.82) is 0 Å². The zero-order chi connectivity index (χ0) is 19.6. The van der Waals surface area contributed by atoms with Crippen molar-refractivity contribution < 1.29 is 9.57 Å². The number of nitrogens with zero attached hydrogens (tertiary/aromatic N) is 4. The van der Waals surface area contributed by atoms with Crippen molar-refractivity contribution in [2.45, 2.75) is 39.5 Å². The number of aryl methyl sites for hydroxylation is 1. The first-order valence-electron chi connectivity index (χ1n) is 10.2. The molecule has 3 rings (SSSR count). The average Bonchev–Trinajstić information content (AvgIpc) is 2.73. The second-order valence-electron chi connectivity index (χ2n) is 7.24. The highest BCUT2D eigenvalue weighted by Crippen LogP contribution is 2.24. The van der Waals surface area contributed by atoms with Gasteiger partial charge in [0, 0.05) is 13.1 Å². The topological polar surface area (TPSA) is 59.8 Å². The van der Waals surface area contributed by atoms with Crippen LogP contribution in [0.1, 0.15) is 43.9 Å². The van der Waals surface area contributed by atoms with E-state index >= 15 is 0 Å². The van der Waals surface area contributed by atoms with Crippen LogP contribution in [-0.2, 0) is 4.84 Å². The molecule has 6 nitrogen and oxygen atoms in total. The van der Waals surface area contributed by atoms with Crippen molar-refractivity contribution >= 4 is 12.0 Å². The minimum Gasteiger partial charge on any atom is -0.494 e. The summed E-state index contributed by atoms with van der Waals surface area (Å²) in [6.45, 7) is 7.50. The Morgan fingerprint density at radius 1 is 1.07 bits per heavy atom. The van der Waals surface area contributed by atoms with Crippen LogP contribution in [0.4, 0.5) is 5.82 Å². The number of hydrogen-bond donors (Lipinski definition) is 0. The summed E-state index contributed by atoms with van der Waals surface area (Å²) >= 11 is 0. The third-order valence-corrected chi connectivity index (χ3v) is 4.97. The number of ether oxygens (including phenoxy) is 1. The first-order valence-corrected chi connectivity index (χ1v) is 10.2. The molecular weight excluding hydrogens is 352 g/mol. The quantitative estimate of drug-likeness (QED) is 0.369. The number of anilines is 1. The fourth-order valence-electron chi connectivity index (χ4n) is 3.25. The molecule has 0 aliphatic carbocycles. The zero-order valence-electron chi connectivity index (χ0n) is 16.9. The Kier molecular flexibility index (Phi) is 7.64. The summed E-state index contributed by atoms with van der Waals surface area (Å²) in [6.07, 6.45) is 6.12. The predicted molar refractivity (Wildman–Crippen MR) is 112 cm³/mol. The lowest BCUT2D eigenvalue weighted by atomic mass is 9.94. The van der Waals surface area contributed by atoms with Gasteiger partial charge in [-0.15, -0.1) is 5.10 Å². The molecule has 0 amide bonds. The van der Waals surface area contributed by atoms with Gasteiger partial charge in [-0.3, -0.25) is 0 Å². The van der Waals surface area contributed by atoms with Gasteiger partial charge in [-0.2, -0.15) is 5.10 Å². The van der Waals surface area contributed by atoms with Gasteiger partial charge in [0.1, 0.15) is 12.4 Å². The normalized spacial score (nSPS) is 15.1. The smallest absolute Gasteiger partial charge is 0.151 e. The van der Waals surface area contributed by atoms with Crippen LogP contribution in [-0.4, -0.2) is 42.7 Å². The predicted octanol–water partition coefficient (Wildman–Crippen LogP) is 4.23. The molecule has 150 valence electrons. The maximum absolute atomic E-state index is 5.92. The van der Waals surface area contributed by atoms with Gasteiger partial charge in [-0.1, -0.05) is 12.1 Å². The lowest BCUT2D eigenvalue weighted by Gasteiger charge is -2.32. The van der Waals surface area contributed by atoms with E-state index in [2.05, 4.69) is 33.2 Å². The third-order valence-electron chi connectivity index (χ3n) is 4.97. The Balaban J connectivity index is 1.35. The molecule has 6 heteroatoms. The summed E-state index contributed by atoms with van der Waals surface area (Å²) in [7, 11) is 0. The van der Waals surface area contributed by atoms with Crippen LogP contribution in [0.25, 0.3) is 0 Å². The fourth-order valence-corrected chi connectivity index (χ4v) is 3.25. The fraction of sp³-hybridized carbons (Fsp3) is 0.500. The molecule has 28 heavy (non-hydrogen) atoms. The SMILES string of the molecule is CCCO/N=C/c1ccc(OCCC2CCN(c3ccc(C)nn3)CC2)cc1. The van der Waals surface area contributed by atoms with E-state index in [1.54, 1.807) is 6.21 Å². The van der Waals surface area contributed by atoms with Gasteiger partial charge < -0.3 is 14.5 Å². The highest BCUT2D eigenvalue weighted by atomic mass is 16.6. The molecule has 0 N–H and O–H groups in total. The van der Waals surface area contributed by atoms with Crippen molar-refractivity contribution in [3.63, 3.8) is 0 Å². The van der Waals surface area contributed by atoms with Crippen LogP contribution in [0, 0.1) is 12.8 Å². The summed E-state index contributed by atoms with van der Waals surface area (Å²) in [6, 6.07) is 12.1. The Morgan fingerprint density at radius 2 is 1.86 bits per heavy atom. The molecule has 2 heterocycles. The Bertz CT molecular complexity index is 723. The molecule has 1 aliphatic heterocycles. The van der Waals surface area contributed by atoms with Crippen LogP contribution in [0.5, 0.6) is 5.75 Å². The molecule has 1 saturated heterocycles. The van der Waals surface area contributed by atoms with E-state index in [9.17, 15) is 0 Å². The molecule has 2 aromatic rings. The van der Waals surface area contributed by atoms with Crippen molar-refractivity contribution in [1.82, 2.24) is 10.2 Å². The number of rotatable bonds is 9. The van der Waals surface area contributed by atoms with E-state index in [4.69, 9.17) is 9.57 Å². The molecule has 0 atom stereocenters. The highest BCUT2D eigenvalue weighted by Gasteiger charge is 2.20. The average molecular weight is 383 g/mol. The van der Waals surface area contributed by atoms with Crippen molar-refractivity contribution in [2.75, 3.05) is 31.2 Å². The van der Waals surface area contributed by atoms with Crippen LogP contribution in [0.3, 0.4) is 0 Å². The number of aromatic nitrogens is 2. The molecular formula is C22H30N4O2. The lowest BCUT2D eigenvalue weighted by Crippen LogP contribution is -2.34. The second kappa shape index (κ2) is 10.6. The minimum absolute atomic E-state index is 0.648. The first kappa shape index (κ1) is 20.1. The Morgan fingerprint density at radius 3 is 2.54 bits per heavy atom. The molecule has 0 spiro atoms. The standard InChI is InChI=1S/C22H30N4O2/c1-3-15-28-23-17-20-5-7-21(8-6-20)27-16-12-19-10-13-26(14-11-19)22-9-4-18(2)24-25-22/h4-9,17,19H,3,10-16H2,1-2H3/b23-17+. The van der Waals surface area contributed by atoms with E-state index in [1.807, 2.05) is 37.3 Å². The molecule has 1 fully saturated rings. The molecule has 1 aromatic carbocycles. The monoisotopic (exact) mass is 382 g/mol. The van der Waals surface area contributed by atoms with Gasteiger partial charge in [-0.05, 0) is 80.5 Å². The zero-order valence-corrected chi connectivity index (χ0v) is 16.9. The number of benzene rings is 1. The van der Waals surface area contributed by atoms with Crippen LogP contribution in [0.2, 0.25) is 0 Å². The minimum atomic E-state index is 0.648. The van der Waals surface area contributed by atoms with E-state index in [1.165, 1.54) is 12.8 Å². The highest BCUT2D eigenvalue weighted by molar-refractivity contribution is 5.79. The Hall–Kier alpha value is -2.63. The summed E-state index contributed by atoms with van der Waals surface area (Å²) < 4.78 is 5.92. The number of oxime groups is 1. The van der Waals surface area contributed by atoms with Gasteiger partial charge in [0.2, 0.25) is 0 Å². The van der Waals surface area contributed by atoms with Crippen LogP contribution in [0.15, 0.2) is 41.6 Å². The van der Waals surface area contributed by atoms with Gasteiger partial charge in [-0.25, -0.2) is 0 Å². The summed E-state index contributed by atoms with van der Waals surface area (Å²) in [5.74, 6) is 2.60. The molecule has 1 aliphatic rings. The molecule has 0 radical (unpaired) electrons. The maximum atomic E-state index is 5.92. The van der Waals surface area contributed by atoms with E-state index in [-0.39, 0.29) is 0 Å². The third kappa shape index (κ3) is 6.22. The van der Waals surface area contributed by atoms with Crippen LogP contribution >= 0.6 is 0 Å². The maximum Gasteiger partial charge on any atom is 0.151 e. The Labute approximate surface area is 167 Å². The summed E-state index contributed by atoms with van der Waals surface area (Å²) in [5.41, 5.74) is 1.97. The second-order valence-corrected chi connectivity index (χ2v) is 7.24. The molecule has 1 aromatic heterocycles. The van der Waals surface area contributed by atoms with E-state index < -0.39 is 0 Å². The first-order chi connectivity index (χ1) is 13.7. The van der Waals surface area contributed by atoms with Crippen molar-refractivity contribution in [3.05, 3.63) is 47.7 Å². The van der Waals surface area contributed by atoms with Gasteiger partial charge in [0.05, 0.1) is 18.5 Å². The number of hydrogen-bond acceptors (Lipinski definition) is 6. The molecule has 0 unspecified atom stereocenters. The molecule has 0 bridgehead atoms. The number of piperidine rings is 1. The van der Waals surface area contributed by atoms with Gasteiger partial charge in [0.15, 0.2) is 5.82 Å². The van der Waals surface area contributed by atoms with E-state index in [0.717, 1.165) is 55.4 Å². The van der Waals surface area contributed by atoms with E-state index in [0.29, 0.717) is 12.5 Å². The summed E-state index contributed by atoms with van der Waals surface area (Å²) in [4.78, 5) is 7.45. The van der Waals surface area contributed by atoms with Gasteiger partial charge >= 0.3 is 0 Å². The summed E-state index contributed by atoms with van der Waals surface area (Å²) in [5, 5.41) is 12.4.